The van der Waals surface area contributed by atoms with Crippen LogP contribution in [-0.4, -0.2) is 0 Å². The van der Waals surface area contributed by atoms with Gasteiger partial charge in [-0.15, -0.1) is 0 Å². The molecule has 0 atom stereocenters. The quantitative estimate of drug-likeness (QED) is 0.611. The molecule has 0 aliphatic heterocycles. The molecule has 0 fully saturated rings. The third kappa shape index (κ3) is 1.44. The lowest BCUT2D eigenvalue weighted by atomic mass is 10.1. The molecule has 2 rings (SSSR count). The van der Waals surface area contributed by atoms with Gasteiger partial charge in [0.2, 0.25) is 0 Å². The molecule has 0 heteroatoms. The van der Waals surface area contributed by atoms with E-state index in [1.54, 1.807) is 0 Å². The highest BCUT2D eigenvalue weighted by molar-refractivity contribution is 5.82. The van der Waals surface area contributed by atoms with Crippen molar-refractivity contribution in [3.8, 4) is 0 Å². The van der Waals surface area contributed by atoms with Gasteiger partial charge in [-0.1, -0.05) is 54.6 Å². The van der Waals surface area contributed by atoms with Crippen LogP contribution in [0.15, 0.2) is 54.6 Å². The second-order valence-corrected chi connectivity index (χ2v) is 3.62. The predicted octanol–water partition coefficient (Wildman–Crippen LogP) is 3.76. The van der Waals surface area contributed by atoms with Crippen molar-refractivity contribution in [1.82, 2.24) is 0 Å². The minimum absolute atomic E-state index is 1.09. The number of rotatable bonds is 2. The number of hydrogen-bond donors (Lipinski definition) is 0. The first kappa shape index (κ1) is 9.01. The van der Waals surface area contributed by atoms with Crippen LogP contribution in [0.1, 0.15) is 18.1 Å². The Bertz CT molecular complexity index is 419. The lowest BCUT2D eigenvalue weighted by molar-refractivity contribution is 1.19. The molecule has 14 heavy (non-hydrogen) atoms. The summed E-state index contributed by atoms with van der Waals surface area (Å²) in [7, 11) is 0. The van der Waals surface area contributed by atoms with Crippen molar-refractivity contribution in [2.45, 2.75) is 13.3 Å². The summed E-state index contributed by atoms with van der Waals surface area (Å²) in [6, 6.07) is 8.59. The first-order valence-corrected chi connectivity index (χ1v) is 4.90. The first-order valence-electron chi connectivity index (χ1n) is 4.90. The average molecular weight is 182 g/mol. The fourth-order valence-corrected chi connectivity index (χ4v) is 1.94. The van der Waals surface area contributed by atoms with Gasteiger partial charge in [0.1, 0.15) is 0 Å². The Balaban J connectivity index is 2.45. The molecule has 0 bridgehead atoms. The molecule has 70 valence electrons. The Hall–Kier alpha value is -1.56. The molecule has 0 aromatic heterocycles. The second kappa shape index (κ2) is 3.67. The van der Waals surface area contributed by atoms with Crippen LogP contribution >= 0.6 is 0 Å². The minimum Gasteiger partial charge on any atom is -0.0991 e. The standard InChI is InChI=1S/C14H14/c1-3-4-8-13-11(2)10-12-7-5-6-9-14(12)13/h3-9H,1,10H2,2H3/b8-4-. The molecule has 0 N–H and O–H groups in total. The molecule has 0 amide bonds. The van der Waals surface area contributed by atoms with Crippen LogP contribution in [0, 0.1) is 0 Å². The van der Waals surface area contributed by atoms with E-state index in [1.165, 1.54) is 22.3 Å². The topological polar surface area (TPSA) is 0 Å². The van der Waals surface area contributed by atoms with Crippen LogP contribution in [-0.2, 0) is 6.42 Å². The Labute approximate surface area is 85.3 Å². The Morgan fingerprint density at radius 3 is 2.86 bits per heavy atom. The van der Waals surface area contributed by atoms with Crippen molar-refractivity contribution < 1.29 is 0 Å². The molecule has 1 aromatic rings. The molecule has 0 radical (unpaired) electrons. The third-order valence-corrected chi connectivity index (χ3v) is 2.62. The zero-order valence-electron chi connectivity index (χ0n) is 8.46. The van der Waals surface area contributed by atoms with Gasteiger partial charge in [-0.25, -0.2) is 0 Å². The van der Waals surface area contributed by atoms with Gasteiger partial charge in [0.15, 0.2) is 0 Å². The van der Waals surface area contributed by atoms with E-state index in [4.69, 9.17) is 0 Å². The molecular weight excluding hydrogens is 168 g/mol. The Morgan fingerprint density at radius 1 is 1.29 bits per heavy atom. The molecule has 1 aliphatic rings. The molecule has 0 saturated carbocycles. The van der Waals surface area contributed by atoms with E-state index < -0.39 is 0 Å². The largest absolute Gasteiger partial charge is 0.0991 e. The normalized spacial score (nSPS) is 14.9. The summed E-state index contributed by atoms with van der Waals surface area (Å²) in [5.41, 5.74) is 5.63. The highest BCUT2D eigenvalue weighted by Gasteiger charge is 2.15. The summed E-state index contributed by atoms with van der Waals surface area (Å²) in [6.45, 7) is 5.89. The third-order valence-electron chi connectivity index (χ3n) is 2.62. The molecule has 1 aromatic carbocycles. The summed E-state index contributed by atoms with van der Waals surface area (Å²) < 4.78 is 0. The summed E-state index contributed by atoms with van der Waals surface area (Å²) in [6.07, 6.45) is 7.06. The lowest BCUT2D eigenvalue weighted by Crippen LogP contribution is -1.80. The highest BCUT2D eigenvalue weighted by atomic mass is 14.2. The van der Waals surface area contributed by atoms with E-state index in [2.05, 4.69) is 43.8 Å². The maximum absolute atomic E-state index is 3.69. The fourth-order valence-electron chi connectivity index (χ4n) is 1.94. The monoisotopic (exact) mass is 182 g/mol. The van der Waals surface area contributed by atoms with Crippen LogP contribution in [0.4, 0.5) is 0 Å². The molecule has 0 nitrogen and oxygen atoms in total. The van der Waals surface area contributed by atoms with E-state index in [1.807, 2.05) is 12.2 Å². The molecule has 0 heterocycles. The van der Waals surface area contributed by atoms with Crippen molar-refractivity contribution in [1.29, 1.82) is 0 Å². The van der Waals surface area contributed by atoms with Crippen molar-refractivity contribution in [2.75, 3.05) is 0 Å². The van der Waals surface area contributed by atoms with Crippen LogP contribution < -0.4 is 0 Å². The van der Waals surface area contributed by atoms with Gasteiger partial charge >= 0.3 is 0 Å². The first-order chi connectivity index (χ1) is 6.83. The molecule has 0 saturated heterocycles. The molecule has 0 unspecified atom stereocenters. The zero-order valence-corrected chi connectivity index (χ0v) is 8.46. The summed E-state index contributed by atoms with van der Waals surface area (Å²) >= 11 is 0. The second-order valence-electron chi connectivity index (χ2n) is 3.62. The highest BCUT2D eigenvalue weighted by Crippen LogP contribution is 2.32. The van der Waals surface area contributed by atoms with Crippen LogP contribution in [0.3, 0.4) is 0 Å². The lowest BCUT2D eigenvalue weighted by Gasteiger charge is -1.99. The SMILES string of the molecule is C=C/C=C\C1=C(C)Cc2ccccc21. The van der Waals surface area contributed by atoms with Gasteiger partial charge in [-0.2, -0.15) is 0 Å². The van der Waals surface area contributed by atoms with Crippen LogP contribution in [0.25, 0.3) is 5.57 Å². The number of fused-ring (bicyclic) bond motifs is 1. The van der Waals surface area contributed by atoms with Crippen molar-refractivity contribution >= 4 is 5.57 Å². The van der Waals surface area contributed by atoms with Gasteiger partial charge < -0.3 is 0 Å². The molecular formula is C14H14. The smallest absolute Gasteiger partial charge is 0.00545 e. The Kier molecular flexibility index (Phi) is 2.36. The van der Waals surface area contributed by atoms with Crippen molar-refractivity contribution in [3.63, 3.8) is 0 Å². The minimum atomic E-state index is 1.09. The fraction of sp³-hybridized carbons (Fsp3) is 0.143. The van der Waals surface area contributed by atoms with E-state index in [-0.39, 0.29) is 0 Å². The van der Waals surface area contributed by atoms with Gasteiger partial charge in [0.25, 0.3) is 0 Å². The molecule has 0 spiro atoms. The molecule has 1 aliphatic carbocycles. The summed E-state index contributed by atoms with van der Waals surface area (Å²) in [5, 5.41) is 0. The van der Waals surface area contributed by atoms with Gasteiger partial charge in [-0.05, 0) is 30.0 Å². The van der Waals surface area contributed by atoms with Gasteiger partial charge in [0, 0.05) is 0 Å². The average Bonchev–Trinajstić information content (AvgIpc) is 2.51. The number of hydrogen-bond acceptors (Lipinski definition) is 0. The van der Waals surface area contributed by atoms with Gasteiger partial charge in [0.05, 0.1) is 0 Å². The van der Waals surface area contributed by atoms with E-state index in [9.17, 15) is 0 Å². The number of benzene rings is 1. The maximum atomic E-state index is 3.69. The van der Waals surface area contributed by atoms with Crippen LogP contribution in [0.5, 0.6) is 0 Å². The summed E-state index contributed by atoms with van der Waals surface area (Å²) in [4.78, 5) is 0. The van der Waals surface area contributed by atoms with E-state index in [0.29, 0.717) is 0 Å². The van der Waals surface area contributed by atoms with Crippen LogP contribution in [0.2, 0.25) is 0 Å². The zero-order chi connectivity index (χ0) is 9.97. The Morgan fingerprint density at radius 2 is 2.07 bits per heavy atom. The predicted molar refractivity (Wildman–Crippen MR) is 62.1 cm³/mol. The van der Waals surface area contributed by atoms with Crippen molar-refractivity contribution in [3.05, 3.63) is 65.8 Å². The van der Waals surface area contributed by atoms with E-state index >= 15 is 0 Å². The van der Waals surface area contributed by atoms with Crippen molar-refractivity contribution in [2.24, 2.45) is 0 Å². The van der Waals surface area contributed by atoms with E-state index in [0.717, 1.165) is 6.42 Å². The van der Waals surface area contributed by atoms with Gasteiger partial charge in [-0.3, -0.25) is 0 Å². The summed E-state index contributed by atoms with van der Waals surface area (Å²) in [5.74, 6) is 0. The maximum Gasteiger partial charge on any atom is -0.00545 e. The number of allylic oxidation sites excluding steroid dienone is 5.